The Morgan fingerprint density at radius 1 is 1.57 bits per heavy atom. The van der Waals surface area contributed by atoms with E-state index in [2.05, 4.69) is 39.9 Å². The summed E-state index contributed by atoms with van der Waals surface area (Å²) < 4.78 is 0. The molecule has 1 rings (SSSR count). The van der Waals surface area contributed by atoms with Gasteiger partial charge in [0.1, 0.15) is 0 Å². The van der Waals surface area contributed by atoms with E-state index in [4.69, 9.17) is 4.99 Å². The fourth-order valence-corrected chi connectivity index (χ4v) is 1.75. The molecule has 2 nitrogen and oxygen atoms in total. The molecule has 0 aromatic carbocycles. The van der Waals surface area contributed by atoms with E-state index >= 15 is 0 Å². The van der Waals surface area contributed by atoms with Crippen LogP contribution in [-0.4, -0.2) is 18.9 Å². The summed E-state index contributed by atoms with van der Waals surface area (Å²) in [6.07, 6.45) is 1.34. The molecule has 0 bridgehead atoms. The molecule has 82 valence electrons. The van der Waals surface area contributed by atoms with Crippen molar-refractivity contribution < 1.29 is 0 Å². The minimum absolute atomic E-state index is 0.496. The average Bonchev–Trinajstić information content (AvgIpc) is 2.68. The van der Waals surface area contributed by atoms with Crippen LogP contribution in [0.15, 0.2) is 4.99 Å². The molecule has 1 fully saturated rings. The molecule has 0 aromatic heterocycles. The maximum atomic E-state index is 4.70. The normalized spacial score (nSPS) is 32.1. The van der Waals surface area contributed by atoms with E-state index in [1.165, 1.54) is 12.3 Å². The minimum atomic E-state index is 0.496. The molecule has 1 aliphatic carbocycles. The van der Waals surface area contributed by atoms with Gasteiger partial charge in [-0.2, -0.15) is 0 Å². The summed E-state index contributed by atoms with van der Waals surface area (Å²) in [5.41, 5.74) is 0.496. The van der Waals surface area contributed by atoms with Gasteiger partial charge in [0.15, 0.2) is 0 Å². The zero-order chi connectivity index (χ0) is 10.8. The summed E-state index contributed by atoms with van der Waals surface area (Å²) >= 11 is 0. The van der Waals surface area contributed by atoms with Crippen molar-refractivity contribution in [1.29, 1.82) is 0 Å². The van der Waals surface area contributed by atoms with Crippen molar-refractivity contribution in [2.45, 2.75) is 41.0 Å². The number of nitrogens with zero attached hydrogens (tertiary/aromatic N) is 1. The summed E-state index contributed by atoms with van der Waals surface area (Å²) in [4.78, 5) is 4.70. The Morgan fingerprint density at radius 3 is 2.50 bits per heavy atom. The zero-order valence-corrected chi connectivity index (χ0v) is 10.2. The predicted octanol–water partition coefficient (Wildman–Crippen LogP) is 2.70. The van der Waals surface area contributed by atoms with Crippen LogP contribution in [0.3, 0.4) is 0 Å². The summed E-state index contributed by atoms with van der Waals surface area (Å²) in [5.74, 6) is 2.56. The van der Waals surface area contributed by atoms with Gasteiger partial charge in [0.05, 0.1) is 5.84 Å². The summed E-state index contributed by atoms with van der Waals surface area (Å²) in [7, 11) is 0. The van der Waals surface area contributed by atoms with Gasteiger partial charge in [-0.3, -0.25) is 4.99 Å². The second-order valence-electron chi connectivity index (χ2n) is 5.15. The smallest absolute Gasteiger partial charge is 0.0988 e. The number of nitrogens with one attached hydrogen (secondary N) is 1. The first-order valence-corrected chi connectivity index (χ1v) is 5.78. The van der Waals surface area contributed by atoms with Crippen molar-refractivity contribution in [1.82, 2.24) is 5.32 Å². The van der Waals surface area contributed by atoms with Crippen LogP contribution >= 0.6 is 0 Å². The van der Waals surface area contributed by atoms with Gasteiger partial charge in [-0.25, -0.2) is 0 Å². The number of hydrogen-bond donors (Lipinski definition) is 1. The maximum absolute atomic E-state index is 4.70. The molecule has 1 aliphatic rings. The standard InChI is InChI=1S/C12H24N2/c1-6-13-11(9(2)3)14-8-12(5)7-10(12)4/h9-10H,6-8H2,1-5H3,(H,13,14). The molecule has 2 atom stereocenters. The molecule has 0 saturated heterocycles. The van der Waals surface area contributed by atoms with Crippen molar-refractivity contribution in [2.24, 2.45) is 22.2 Å². The van der Waals surface area contributed by atoms with E-state index < -0.39 is 0 Å². The molecule has 0 radical (unpaired) electrons. The molecule has 1 N–H and O–H groups in total. The number of amidine groups is 1. The van der Waals surface area contributed by atoms with Gasteiger partial charge in [0, 0.05) is 19.0 Å². The SMILES string of the molecule is CCN/C(=N\CC1(C)CC1C)C(C)C. The molecular weight excluding hydrogens is 172 g/mol. The first-order chi connectivity index (χ1) is 6.49. The van der Waals surface area contributed by atoms with E-state index in [9.17, 15) is 0 Å². The Morgan fingerprint density at radius 2 is 2.14 bits per heavy atom. The van der Waals surface area contributed by atoms with Crippen molar-refractivity contribution in [3.05, 3.63) is 0 Å². The largest absolute Gasteiger partial charge is 0.374 e. The fourth-order valence-electron chi connectivity index (χ4n) is 1.75. The summed E-state index contributed by atoms with van der Waals surface area (Å²) in [6.45, 7) is 13.1. The lowest BCUT2D eigenvalue weighted by Crippen LogP contribution is -2.28. The molecular formula is C12H24N2. The first kappa shape index (κ1) is 11.5. The van der Waals surface area contributed by atoms with Gasteiger partial charge in [0.2, 0.25) is 0 Å². The lowest BCUT2D eigenvalue weighted by atomic mass is 10.1. The van der Waals surface area contributed by atoms with E-state index in [0.717, 1.165) is 19.0 Å². The monoisotopic (exact) mass is 196 g/mol. The van der Waals surface area contributed by atoms with Crippen LogP contribution in [0.2, 0.25) is 0 Å². The first-order valence-electron chi connectivity index (χ1n) is 5.78. The van der Waals surface area contributed by atoms with E-state index in [-0.39, 0.29) is 0 Å². The Hall–Kier alpha value is -0.530. The van der Waals surface area contributed by atoms with Gasteiger partial charge in [-0.15, -0.1) is 0 Å². The highest BCUT2D eigenvalue weighted by molar-refractivity contribution is 5.83. The Labute approximate surface area is 88.2 Å². The van der Waals surface area contributed by atoms with Crippen LogP contribution in [0.25, 0.3) is 0 Å². The van der Waals surface area contributed by atoms with Crippen molar-refractivity contribution in [2.75, 3.05) is 13.1 Å². The maximum Gasteiger partial charge on any atom is 0.0988 e. The second kappa shape index (κ2) is 4.33. The third-order valence-corrected chi connectivity index (χ3v) is 3.32. The van der Waals surface area contributed by atoms with Crippen LogP contribution < -0.4 is 5.32 Å². The van der Waals surface area contributed by atoms with Gasteiger partial charge >= 0.3 is 0 Å². The van der Waals surface area contributed by atoms with E-state index in [1.807, 2.05) is 0 Å². The molecule has 0 aromatic rings. The third-order valence-electron chi connectivity index (χ3n) is 3.32. The van der Waals surface area contributed by atoms with Crippen LogP contribution in [0, 0.1) is 17.3 Å². The van der Waals surface area contributed by atoms with Crippen molar-refractivity contribution >= 4 is 5.84 Å². The molecule has 14 heavy (non-hydrogen) atoms. The van der Waals surface area contributed by atoms with E-state index in [1.54, 1.807) is 0 Å². The molecule has 0 heterocycles. The molecule has 2 heteroatoms. The van der Waals surface area contributed by atoms with Crippen molar-refractivity contribution in [3.63, 3.8) is 0 Å². The Balaban J connectivity index is 2.47. The lowest BCUT2D eigenvalue weighted by Gasteiger charge is -2.13. The predicted molar refractivity (Wildman–Crippen MR) is 62.7 cm³/mol. The zero-order valence-electron chi connectivity index (χ0n) is 10.2. The molecule has 0 amide bonds. The Bertz CT molecular complexity index is 220. The Kier molecular flexibility index (Phi) is 3.57. The summed E-state index contributed by atoms with van der Waals surface area (Å²) in [5, 5.41) is 3.35. The van der Waals surface area contributed by atoms with Gasteiger partial charge in [0.25, 0.3) is 0 Å². The highest BCUT2D eigenvalue weighted by Gasteiger charge is 2.46. The van der Waals surface area contributed by atoms with Gasteiger partial charge in [-0.1, -0.05) is 27.7 Å². The quantitative estimate of drug-likeness (QED) is 0.542. The highest BCUT2D eigenvalue weighted by atomic mass is 15.0. The van der Waals surface area contributed by atoms with Crippen LogP contribution in [0.5, 0.6) is 0 Å². The molecule has 0 aliphatic heterocycles. The van der Waals surface area contributed by atoms with Crippen LogP contribution in [-0.2, 0) is 0 Å². The minimum Gasteiger partial charge on any atom is -0.374 e. The number of hydrogen-bond acceptors (Lipinski definition) is 1. The average molecular weight is 196 g/mol. The van der Waals surface area contributed by atoms with E-state index in [0.29, 0.717) is 11.3 Å². The molecule has 2 unspecified atom stereocenters. The molecule has 0 spiro atoms. The van der Waals surface area contributed by atoms with Gasteiger partial charge in [-0.05, 0) is 24.7 Å². The van der Waals surface area contributed by atoms with Crippen LogP contribution in [0.1, 0.15) is 41.0 Å². The topological polar surface area (TPSA) is 24.4 Å². The highest BCUT2D eigenvalue weighted by Crippen LogP contribution is 2.51. The van der Waals surface area contributed by atoms with Gasteiger partial charge < -0.3 is 5.32 Å². The third kappa shape index (κ3) is 2.73. The summed E-state index contributed by atoms with van der Waals surface area (Å²) in [6, 6.07) is 0. The number of rotatable bonds is 4. The lowest BCUT2D eigenvalue weighted by molar-refractivity contribution is 0.532. The number of aliphatic imine (C=N–C) groups is 1. The fraction of sp³-hybridized carbons (Fsp3) is 0.917. The second-order valence-corrected chi connectivity index (χ2v) is 5.15. The van der Waals surface area contributed by atoms with Crippen LogP contribution in [0.4, 0.5) is 0 Å². The van der Waals surface area contributed by atoms with Crippen molar-refractivity contribution in [3.8, 4) is 0 Å². The molecule has 1 saturated carbocycles.